The summed E-state index contributed by atoms with van der Waals surface area (Å²) in [7, 11) is 0. The third kappa shape index (κ3) is 4.35. The highest BCUT2D eigenvalue weighted by Gasteiger charge is 2.32. The Bertz CT molecular complexity index is 321. The van der Waals surface area contributed by atoms with Crippen LogP contribution in [-0.4, -0.2) is 47.8 Å². The molecule has 0 aromatic carbocycles. The van der Waals surface area contributed by atoms with Crippen molar-refractivity contribution in [2.75, 3.05) is 13.1 Å². The Kier molecular flexibility index (Phi) is 4.36. The number of rotatable bonds is 2. The van der Waals surface area contributed by atoms with Gasteiger partial charge in [0.15, 0.2) is 0 Å². The number of nitrogens with zero attached hydrogens (tertiary/aromatic N) is 1. The van der Waals surface area contributed by atoms with E-state index in [1.165, 1.54) is 0 Å². The molecule has 1 aliphatic heterocycles. The van der Waals surface area contributed by atoms with E-state index >= 15 is 0 Å². The predicted molar refractivity (Wildman–Crippen MR) is 75.0 cm³/mol. The van der Waals surface area contributed by atoms with Gasteiger partial charge in [-0.3, -0.25) is 0 Å². The molecule has 0 spiro atoms. The van der Waals surface area contributed by atoms with Crippen LogP contribution in [0.1, 0.15) is 46.5 Å². The van der Waals surface area contributed by atoms with Crippen LogP contribution in [0.25, 0.3) is 0 Å². The molecule has 2 rings (SSSR count). The van der Waals surface area contributed by atoms with Crippen LogP contribution in [0.4, 0.5) is 4.79 Å². The van der Waals surface area contributed by atoms with Crippen molar-refractivity contribution in [2.45, 2.75) is 70.2 Å². The van der Waals surface area contributed by atoms with Crippen molar-refractivity contribution in [3.05, 3.63) is 0 Å². The van der Waals surface area contributed by atoms with Crippen molar-refractivity contribution in [3.8, 4) is 0 Å². The molecule has 0 aromatic rings. The van der Waals surface area contributed by atoms with Gasteiger partial charge in [0.25, 0.3) is 0 Å². The Labute approximate surface area is 115 Å². The lowest BCUT2D eigenvalue weighted by atomic mass is 9.86. The molecular weight excluding hydrogens is 242 g/mol. The smallest absolute Gasteiger partial charge is 0.410 e. The van der Waals surface area contributed by atoms with Crippen LogP contribution in [-0.2, 0) is 4.74 Å². The molecule has 2 aliphatic rings. The molecule has 110 valence electrons. The number of likely N-dealkylation sites (tertiary alicyclic amines) is 1. The lowest BCUT2D eigenvalue weighted by Gasteiger charge is -2.40. The zero-order valence-electron chi connectivity index (χ0n) is 12.3. The van der Waals surface area contributed by atoms with Crippen LogP contribution in [0, 0.1) is 0 Å². The van der Waals surface area contributed by atoms with Crippen LogP contribution < -0.4 is 11.1 Å². The van der Waals surface area contributed by atoms with Gasteiger partial charge in [-0.05, 0) is 46.5 Å². The summed E-state index contributed by atoms with van der Waals surface area (Å²) in [5.74, 6) is 0. The highest BCUT2D eigenvalue weighted by Crippen LogP contribution is 2.21. The number of ether oxygens (including phenoxy) is 1. The number of nitrogens with one attached hydrogen (secondary N) is 1. The van der Waals surface area contributed by atoms with Crippen molar-refractivity contribution in [1.29, 1.82) is 0 Å². The molecule has 3 N–H and O–H groups in total. The average molecular weight is 269 g/mol. The summed E-state index contributed by atoms with van der Waals surface area (Å²) in [4.78, 5) is 13.9. The molecule has 0 bridgehead atoms. The summed E-state index contributed by atoms with van der Waals surface area (Å²) >= 11 is 0. The molecule has 0 aromatic heterocycles. The first-order valence-corrected chi connectivity index (χ1v) is 7.33. The van der Waals surface area contributed by atoms with Gasteiger partial charge in [-0.2, -0.15) is 0 Å². The van der Waals surface area contributed by atoms with Crippen molar-refractivity contribution in [2.24, 2.45) is 5.73 Å². The molecule has 1 heterocycles. The van der Waals surface area contributed by atoms with Crippen LogP contribution in [0.3, 0.4) is 0 Å². The lowest BCUT2D eigenvalue weighted by Crippen LogP contribution is -2.56. The normalized spacial score (nSPS) is 31.8. The van der Waals surface area contributed by atoms with Gasteiger partial charge >= 0.3 is 6.09 Å². The molecular formula is C14H27N3O2. The maximum Gasteiger partial charge on any atom is 0.410 e. The number of hydrogen-bond acceptors (Lipinski definition) is 4. The van der Waals surface area contributed by atoms with E-state index in [1.807, 2.05) is 25.7 Å². The SMILES string of the molecule is CC(C)(C)OC(=O)N1CCCC(NC2CC(N)C2)C1. The standard InChI is InChI=1S/C14H27N3O2/c1-14(2,3)19-13(18)17-6-4-5-11(9-17)16-12-7-10(15)8-12/h10-12,16H,4-9,15H2,1-3H3. The number of amides is 1. The van der Waals surface area contributed by atoms with Crippen LogP contribution in [0.5, 0.6) is 0 Å². The van der Waals surface area contributed by atoms with E-state index < -0.39 is 5.60 Å². The van der Waals surface area contributed by atoms with Gasteiger partial charge in [0.05, 0.1) is 0 Å². The summed E-state index contributed by atoms with van der Waals surface area (Å²) in [6.45, 7) is 7.26. The quantitative estimate of drug-likeness (QED) is 0.796. The minimum absolute atomic E-state index is 0.190. The minimum atomic E-state index is -0.418. The van der Waals surface area contributed by atoms with E-state index in [1.54, 1.807) is 0 Å². The van der Waals surface area contributed by atoms with E-state index in [-0.39, 0.29) is 6.09 Å². The molecule has 1 aliphatic carbocycles. The summed E-state index contributed by atoms with van der Waals surface area (Å²) in [5.41, 5.74) is 5.38. The van der Waals surface area contributed by atoms with Gasteiger partial charge in [-0.15, -0.1) is 0 Å². The molecule has 2 fully saturated rings. The zero-order valence-corrected chi connectivity index (χ0v) is 12.3. The van der Waals surface area contributed by atoms with Gasteiger partial charge in [0, 0.05) is 31.2 Å². The van der Waals surface area contributed by atoms with Crippen molar-refractivity contribution < 1.29 is 9.53 Å². The van der Waals surface area contributed by atoms with E-state index in [0.717, 1.165) is 38.8 Å². The second-order valence-electron chi connectivity index (χ2n) is 6.86. The van der Waals surface area contributed by atoms with Crippen LogP contribution >= 0.6 is 0 Å². The number of nitrogens with two attached hydrogens (primary N) is 1. The molecule has 1 amide bonds. The minimum Gasteiger partial charge on any atom is -0.444 e. The molecule has 5 heteroatoms. The van der Waals surface area contributed by atoms with Gasteiger partial charge in [-0.1, -0.05) is 0 Å². The molecule has 1 unspecified atom stereocenters. The van der Waals surface area contributed by atoms with Crippen molar-refractivity contribution in [1.82, 2.24) is 10.2 Å². The fourth-order valence-corrected chi connectivity index (χ4v) is 2.74. The molecule has 5 nitrogen and oxygen atoms in total. The second-order valence-corrected chi connectivity index (χ2v) is 6.86. The zero-order chi connectivity index (χ0) is 14.0. The summed E-state index contributed by atoms with van der Waals surface area (Å²) in [6.07, 6.45) is 4.09. The Morgan fingerprint density at radius 3 is 2.58 bits per heavy atom. The Balaban J connectivity index is 1.78. The first-order chi connectivity index (χ1) is 8.83. The van der Waals surface area contributed by atoms with E-state index in [2.05, 4.69) is 5.32 Å². The predicted octanol–water partition coefficient (Wildman–Crippen LogP) is 1.47. The van der Waals surface area contributed by atoms with Crippen LogP contribution in [0.15, 0.2) is 0 Å². The molecule has 1 saturated carbocycles. The van der Waals surface area contributed by atoms with E-state index in [0.29, 0.717) is 18.1 Å². The number of hydrogen-bond donors (Lipinski definition) is 2. The van der Waals surface area contributed by atoms with Gasteiger partial charge in [0.1, 0.15) is 5.60 Å². The third-order valence-corrected chi connectivity index (χ3v) is 3.72. The summed E-state index contributed by atoms with van der Waals surface area (Å²) < 4.78 is 5.43. The molecule has 1 atom stereocenters. The molecule has 19 heavy (non-hydrogen) atoms. The average Bonchev–Trinajstić information content (AvgIpc) is 2.25. The van der Waals surface area contributed by atoms with Gasteiger partial charge < -0.3 is 20.7 Å². The number of carbonyl (C=O) groups excluding carboxylic acids is 1. The number of piperidine rings is 1. The summed E-state index contributed by atoms with van der Waals surface area (Å²) in [6, 6.07) is 1.29. The van der Waals surface area contributed by atoms with Crippen molar-refractivity contribution >= 4 is 6.09 Å². The van der Waals surface area contributed by atoms with E-state index in [9.17, 15) is 4.79 Å². The fourth-order valence-electron chi connectivity index (χ4n) is 2.74. The second kappa shape index (κ2) is 5.67. The van der Waals surface area contributed by atoms with Gasteiger partial charge in [0.2, 0.25) is 0 Å². The monoisotopic (exact) mass is 269 g/mol. The maximum absolute atomic E-state index is 12.0. The largest absolute Gasteiger partial charge is 0.444 e. The first-order valence-electron chi connectivity index (χ1n) is 7.33. The van der Waals surface area contributed by atoms with Crippen molar-refractivity contribution in [3.63, 3.8) is 0 Å². The fraction of sp³-hybridized carbons (Fsp3) is 0.929. The highest BCUT2D eigenvalue weighted by molar-refractivity contribution is 5.68. The van der Waals surface area contributed by atoms with Gasteiger partial charge in [-0.25, -0.2) is 4.79 Å². The maximum atomic E-state index is 12.0. The topological polar surface area (TPSA) is 67.6 Å². The number of carbonyl (C=O) groups is 1. The summed E-state index contributed by atoms with van der Waals surface area (Å²) in [5, 5.41) is 3.60. The highest BCUT2D eigenvalue weighted by atomic mass is 16.6. The molecule has 0 radical (unpaired) electrons. The Morgan fingerprint density at radius 1 is 1.32 bits per heavy atom. The van der Waals surface area contributed by atoms with E-state index in [4.69, 9.17) is 10.5 Å². The Morgan fingerprint density at radius 2 is 2.00 bits per heavy atom. The van der Waals surface area contributed by atoms with Crippen LogP contribution in [0.2, 0.25) is 0 Å². The first kappa shape index (κ1) is 14.6. The third-order valence-electron chi connectivity index (χ3n) is 3.72. The Hall–Kier alpha value is -0.810. The molecule has 1 saturated heterocycles. The lowest BCUT2D eigenvalue weighted by molar-refractivity contribution is 0.0177.